The van der Waals surface area contributed by atoms with E-state index in [0.717, 1.165) is 51.8 Å². The molecule has 1 atom stereocenters. The molecule has 0 heterocycles. The summed E-state index contributed by atoms with van der Waals surface area (Å²) < 4.78 is 27.5. The first-order chi connectivity index (χ1) is 17.6. The van der Waals surface area contributed by atoms with Gasteiger partial charge in [0.05, 0.1) is 11.9 Å². The van der Waals surface area contributed by atoms with Gasteiger partial charge in [0, 0.05) is 17.1 Å². The van der Waals surface area contributed by atoms with Crippen molar-refractivity contribution in [2.75, 3.05) is 23.7 Å². The number of anilines is 1. The first-order valence-electron chi connectivity index (χ1n) is 13.0. The summed E-state index contributed by atoms with van der Waals surface area (Å²) in [5.41, 5.74) is 2.32. The van der Waals surface area contributed by atoms with Crippen LogP contribution in [0.25, 0.3) is 0 Å². The molecular formula is C28H38BrN3O4S. The minimum absolute atomic E-state index is 0.125. The van der Waals surface area contributed by atoms with Crippen molar-refractivity contribution >= 4 is 43.5 Å². The van der Waals surface area contributed by atoms with E-state index in [9.17, 15) is 18.0 Å². The Balaban J connectivity index is 1.87. The standard InChI is InChI=1S/C28H38BrN3O4S/c1-4-26(28(34)30-23-13-9-6-10-14-23)31(18-17-22-11-7-5-8-12-22)27(33)20-32(37(3,35)36)24-15-16-25(29)21(2)19-24/h5,7-8,11-12,15-16,19,23,26H,4,6,9-10,13-14,17-18,20H2,1-3H3,(H,30,34)/t26-/m0/s1. The van der Waals surface area contributed by atoms with Crippen LogP contribution in [-0.2, 0) is 26.0 Å². The van der Waals surface area contributed by atoms with Crippen LogP contribution >= 0.6 is 15.9 Å². The van der Waals surface area contributed by atoms with Crippen molar-refractivity contribution < 1.29 is 18.0 Å². The van der Waals surface area contributed by atoms with Gasteiger partial charge >= 0.3 is 0 Å². The van der Waals surface area contributed by atoms with Gasteiger partial charge in [0.25, 0.3) is 0 Å². The minimum Gasteiger partial charge on any atom is -0.352 e. The molecule has 0 aromatic heterocycles. The zero-order chi connectivity index (χ0) is 27.0. The lowest BCUT2D eigenvalue weighted by atomic mass is 9.95. The third kappa shape index (κ3) is 8.30. The zero-order valence-corrected chi connectivity index (χ0v) is 24.4. The first-order valence-corrected chi connectivity index (χ1v) is 15.6. The van der Waals surface area contributed by atoms with Crippen molar-refractivity contribution in [3.8, 4) is 0 Å². The third-order valence-electron chi connectivity index (χ3n) is 6.93. The normalized spacial score (nSPS) is 15.1. The van der Waals surface area contributed by atoms with Crippen molar-refractivity contribution in [3.05, 3.63) is 64.1 Å². The molecule has 2 amide bonds. The predicted octanol–water partition coefficient (Wildman–Crippen LogP) is 4.82. The highest BCUT2D eigenvalue weighted by Crippen LogP contribution is 2.25. The van der Waals surface area contributed by atoms with Crippen LogP contribution in [0, 0.1) is 6.92 Å². The SMILES string of the molecule is CC[C@@H](C(=O)NC1CCCCC1)N(CCc1ccccc1)C(=O)CN(c1ccc(Br)c(C)c1)S(C)(=O)=O. The summed E-state index contributed by atoms with van der Waals surface area (Å²) in [6, 6.07) is 14.4. The molecule has 0 aliphatic heterocycles. The summed E-state index contributed by atoms with van der Waals surface area (Å²) in [6.45, 7) is 3.70. The second kappa shape index (κ2) is 13.4. The van der Waals surface area contributed by atoms with Gasteiger partial charge in [-0.25, -0.2) is 8.42 Å². The van der Waals surface area contributed by atoms with E-state index in [0.29, 0.717) is 25.1 Å². The Labute approximate surface area is 229 Å². The van der Waals surface area contributed by atoms with Crippen LogP contribution in [0.5, 0.6) is 0 Å². The van der Waals surface area contributed by atoms with E-state index >= 15 is 0 Å². The van der Waals surface area contributed by atoms with Gasteiger partial charge in [0.1, 0.15) is 12.6 Å². The molecule has 7 nitrogen and oxygen atoms in total. The number of nitrogens with one attached hydrogen (secondary N) is 1. The van der Waals surface area contributed by atoms with Crippen molar-refractivity contribution in [2.45, 2.75) is 70.9 Å². The van der Waals surface area contributed by atoms with Gasteiger partial charge in [-0.2, -0.15) is 0 Å². The van der Waals surface area contributed by atoms with Crippen LogP contribution < -0.4 is 9.62 Å². The molecular weight excluding hydrogens is 554 g/mol. The summed E-state index contributed by atoms with van der Waals surface area (Å²) in [7, 11) is -3.75. The van der Waals surface area contributed by atoms with E-state index in [4.69, 9.17) is 0 Å². The first kappa shape index (κ1) is 29.2. The van der Waals surface area contributed by atoms with E-state index in [1.54, 1.807) is 23.1 Å². The van der Waals surface area contributed by atoms with Gasteiger partial charge in [-0.15, -0.1) is 0 Å². The Bertz CT molecular complexity index is 1170. The highest BCUT2D eigenvalue weighted by molar-refractivity contribution is 9.10. The van der Waals surface area contributed by atoms with E-state index in [2.05, 4.69) is 21.2 Å². The maximum atomic E-state index is 13.8. The number of amides is 2. The summed E-state index contributed by atoms with van der Waals surface area (Å²) in [4.78, 5) is 28.7. The Morgan fingerprint density at radius 3 is 2.35 bits per heavy atom. The van der Waals surface area contributed by atoms with Gasteiger partial charge in [-0.05, 0) is 61.9 Å². The van der Waals surface area contributed by atoms with Crippen LogP contribution in [0.15, 0.2) is 53.0 Å². The summed E-state index contributed by atoms with van der Waals surface area (Å²) in [6.07, 6.45) is 7.37. The number of aryl methyl sites for hydroxylation is 1. The summed E-state index contributed by atoms with van der Waals surface area (Å²) in [5, 5.41) is 3.16. The lowest BCUT2D eigenvalue weighted by molar-refractivity contribution is -0.140. The number of carbonyl (C=O) groups excluding carboxylic acids is 2. The molecule has 2 aromatic rings. The maximum absolute atomic E-state index is 13.8. The molecule has 202 valence electrons. The number of sulfonamides is 1. The lowest BCUT2D eigenvalue weighted by Gasteiger charge is -2.34. The van der Waals surface area contributed by atoms with Gasteiger partial charge in [-0.3, -0.25) is 13.9 Å². The van der Waals surface area contributed by atoms with E-state index in [-0.39, 0.29) is 18.5 Å². The molecule has 3 rings (SSSR count). The minimum atomic E-state index is -3.75. The fraction of sp³-hybridized carbons (Fsp3) is 0.500. The average molecular weight is 593 g/mol. The predicted molar refractivity (Wildman–Crippen MR) is 152 cm³/mol. The van der Waals surface area contributed by atoms with Gasteiger partial charge in [0.2, 0.25) is 21.8 Å². The van der Waals surface area contributed by atoms with E-state index in [1.165, 1.54) is 6.42 Å². The average Bonchev–Trinajstić information content (AvgIpc) is 2.87. The molecule has 0 spiro atoms. The summed E-state index contributed by atoms with van der Waals surface area (Å²) in [5.74, 6) is -0.561. The molecule has 1 saturated carbocycles. The highest BCUT2D eigenvalue weighted by atomic mass is 79.9. The highest BCUT2D eigenvalue weighted by Gasteiger charge is 2.32. The largest absolute Gasteiger partial charge is 0.352 e. The van der Waals surface area contributed by atoms with Crippen molar-refractivity contribution in [1.82, 2.24) is 10.2 Å². The molecule has 1 aliphatic carbocycles. The van der Waals surface area contributed by atoms with Crippen LogP contribution in [-0.4, -0.2) is 56.6 Å². The molecule has 0 radical (unpaired) electrons. The number of benzene rings is 2. The Hall–Kier alpha value is -2.39. The fourth-order valence-electron chi connectivity index (χ4n) is 4.84. The molecule has 1 N–H and O–H groups in total. The molecule has 37 heavy (non-hydrogen) atoms. The van der Waals surface area contributed by atoms with E-state index < -0.39 is 22.0 Å². The quantitative estimate of drug-likeness (QED) is 0.406. The Kier molecular flexibility index (Phi) is 10.6. The number of carbonyl (C=O) groups is 2. The van der Waals surface area contributed by atoms with Gasteiger partial charge < -0.3 is 10.2 Å². The van der Waals surface area contributed by atoms with Crippen molar-refractivity contribution in [3.63, 3.8) is 0 Å². The number of hydrogen-bond donors (Lipinski definition) is 1. The number of halogens is 1. The molecule has 0 saturated heterocycles. The Morgan fingerprint density at radius 2 is 1.76 bits per heavy atom. The van der Waals surface area contributed by atoms with Crippen LogP contribution in [0.3, 0.4) is 0 Å². The molecule has 2 aromatic carbocycles. The molecule has 1 aliphatic rings. The topological polar surface area (TPSA) is 86.8 Å². The second-order valence-electron chi connectivity index (χ2n) is 9.79. The fourth-order valence-corrected chi connectivity index (χ4v) is 5.93. The molecule has 1 fully saturated rings. The number of nitrogens with zero attached hydrogens (tertiary/aromatic N) is 2. The third-order valence-corrected chi connectivity index (χ3v) is 8.96. The summed E-state index contributed by atoms with van der Waals surface area (Å²) >= 11 is 3.44. The van der Waals surface area contributed by atoms with Crippen LogP contribution in [0.1, 0.15) is 56.6 Å². The van der Waals surface area contributed by atoms with Crippen molar-refractivity contribution in [1.29, 1.82) is 0 Å². The molecule has 0 unspecified atom stereocenters. The lowest BCUT2D eigenvalue weighted by Crippen LogP contribution is -2.54. The molecule has 0 bridgehead atoms. The molecule has 9 heteroatoms. The smallest absolute Gasteiger partial charge is 0.244 e. The van der Waals surface area contributed by atoms with Crippen LogP contribution in [0.2, 0.25) is 0 Å². The monoisotopic (exact) mass is 591 g/mol. The zero-order valence-electron chi connectivity index (χ0n) is 22.0. The second-order valence-corrected chi connectivity index (χ2v) is 12.6. The van der Waals surface area contributed by atoms with Gasteiger partial charge in [0.15, 0.2) is 0 Å². The number of hydrogen-bond acceptors (Lipinski definition) is 4. The van der Waals surface area contributed by atoms with Crippen LogP contribution in [0.4, 0.5) is 5.69 Å². The Morgan fingerprint density at radius 1 is 1.08 bits per heavy atom. The maximum Gasteiger partial charge on any atom is 0.244 e. The van der Waals surface area contributed by atoms with Crippen molar-refractivity contribution in [2.24, 2.45) is 0 Å². The van der Waals surface area contributed by atoms with Gasteiger partial charge in [-0.1, -0.05) is 72.4 Å². The number of rotatable bonds is 11. The van der Waals surface area contributed by atoms with E-state index in [1.807, 2.05) is 44.2 Å².